The number of fused-ring (bicyclic) bond motifs is 1. The lowest BCUT2D eigenvalue weighted by atomic mass is 10.0. The van der Waals surface area contributed by atoms with Crippen LogP contribution in [-0.4, -0.2) is 25.2 Å². The Bertz CT molecular complexity index is 691. The first kappa shape index (κ1) is 13.4. The molecule has 0 N–H and O–H groups in total. The van der Waals surface area contributed by atoms with Gasteiger partial charge in [-0.25, -0.2) is 4.98 Å². The molecule has 0 spiro atoms. The van der Waals surface area contributed by atoms with Gasteiger partial charge in [-0.15, -0.1) is 0 Å². The molecule has 0 fully saturated rings. The molecule has 1 aromatic heterocycles. The van der Waals surface area contributed by atoms with E-state index < -0.39 is 0 Å². The summed E-state index contributed by atoms with van der Waals surface area (Å²) >= 11 is 0. The third-order valence-electron chi connectivity index (χ3n) is 3.92. The lowest BCUT2D eigenvalue weighted by Gasteiger charge is -2.22. The van der Waals surface area contributed by atoms with Crippen LogP contribution in [0.3, 0.4) is 0 Å². The van der Waals surface area contributed by atoms with Crippen molar-refractivity contribution in [3.63, 3.8) is 0 Å². The maximum Gasteiger partial charge on any atom is 0.146 e. The van der Waals surface area contributed by atoms with E-state index in [1.165, 1.54) is 11.1 Å². The van der Waals surface area contributed by atoms with Gasteiger partial charge in [0.1, 0.15) is 17.6 Å². The van der Waals surface area contributed by atoms with Gasteiger partial charge in [-0.1, -0.05) is 6.07 Å². The molecule has 0 bridgehead atoms. The summed E-state index contributed by atoms with van der Waals surface area (Å²) in [5.74, 6) is 1.69. The molecule has 3 rings (SSSR count). The third kappa shape index (κ3) is 2.68. The lowest BCUT2D eigenvalue weighted by molar-refractivity contribution is 0.414. The molecule has 21 heavy (non-hydrogen) atoms. The molecule has 4 heteroatoms. The first-order chi connectivity index (χ1) is 10.3. The first-order valence-corrected chi connectivity index (χ1v) is 7.07. The molecule has 0 amide bonds. The Morgan fingerprint density at radius 2 is 2.00 bits per heavy atom. The van der Waals surface area contributed by atoms with Gasteiger partial charge < -0.3 is 9.64 Å². The fraction of sp³-hybridized carbons (Fsp3) is 0.294. The molecule has 1 aromatic carbocycles. The molecule has 1 aliphatic heterocycles. The van der Waals surface area contributed by atoms with Crippen LogP contribution >= 0.6 is 0 Å². The van der Waals surface area contributed by atoms with Crippen molar-refractivity contribution in [3.8, 4) is 11.8 Å². The van der Waals surface area contributed by atoms with Crippen molar-refractivity contribution in [1.82, 2.24) is 4.98 Å². The zero-order valence-corrected chi connectivity index (χ0v) is 12.0. The van der Waals surface area contributed by atoms with Gasteiger partial charge in [0.25, 0.3) is 0 Å². The van der Waals surface area contributed by atoms with Crippen LogP contribution in [0, 0.1) is 11.3 Å². The number of aromatic nitrogens is 1. The topological polar surface area (TPSA) is 49.1 Å². The van der Waals surface area contributed by atoms with Crippen LogP contribution in [0.4, 0.5) is 5.82 Å². The molecule has 0 saturated carbocycles. The largest absolute Gasteiger partial charge is 0.497 e. The number of nitrogens with zero attached hydrogens (tertiary/aromatic N) is 3. The van der Waals surface area contributed by atoms with E-state index in [9.17, 15) is 5.26 Å². The van der Waals surface area contributed by atoms with Gasteiger partial charge in [0, 0.05) is 19.3 Å². The van der Waals surface area contributed by atoms with Crippen LogP contribution in [-0.2, 0) is 12.8 Å². The molecule has 0 radical (unpaired) electrons. The summed E-state index contributed by atoms with van der Waals surface area (Å²) in [7, 11) is 1.69. The predicted molar refractivity (Wildman–Crippen MR) is 81.6 cm³/mol. The van der Waals surface area contributed by atoms with Gasteiger partial charge in [0.15, 0.2) is 0 Å². The van der Waals surface area contributed by atoms with Crippen molar-refractivity contribution in [2.75, 3.05) is 25.1 Å². The maximum atomic E-state index is 9.23. The Morgan fingerprint density at radius 1 is 1.19 bits per heavy atom. The smallest absolute Gasteiger partial charge is 0.146 e. The molecule has 4 nitrogen and oxygen atoms in total. The minimum Gasteiger partial charge on any atom is -0.497 e. The molecule has 0 saturated heterocycles. The zero-order chi connectivity index (χ0) is 14.7. The number of benzene rings is 1. The molecular weight excluding hydrogens is 262 g/mol. The highest BCUT2D eigenvalue weighted by atomic mass is 16.5. The maximum absolute atomic E-state index is 9.23. The summed E-state index contributed by atoms with van der Waals surface area (Å²) in [6.45, 7) is 1.75. The molecule has 2 heterocycles. The third-order valence-corrected chi connectivity index (χ3v) is 3.92. The van der Waals surface area contributed by atoms with Crippen LogP contribution in [0.2, 0.25) is 0 Å². The van der Waals surface area contributed by atoms with Crippen molar-refractivity contribution in [2.45, 2.75) is 12.8 Å². The minimum absolute atomic E-state index is 0.640. The van der Waals surface area contributed by atoms with Crippen LogP contribution < -0.4 is 9.64 Å². The van der Waals surface area contributed by atoms with Crippen LogP contribution in [0.5, 0.6) is 5.75 Å². The predicted octanol–water partition coefficient (Wildman–Crippen LogP) is 2.57. The first-order valence-electron chi connectivity index (χ1n) is 7.07. The fourth-order valence-corrected chi connectivity index (χ4v) is 2.78. The second kappa shape index (κ2) is 5.84. The number of hydrogen-bond donors (Lipinski definition) is 0. The SMILES string of the molecule is COc1ccc2c(c1)CCN(c1ncccc1C#N)CC2. The normalized spacial score (nSPS) is 14.0. The summed E-state index contributed by atoms with van der Waals surface area (Å²) in [6.07, 6.45) is 3.64. The zero-order valence-electron chi connectivity index (χ0n) is 12.0. The van der Waals surface area contributed by atoms with Gasteiger partial charge in [0.05, 0.1) is 12.7 Å². The number of methoxy groups -OCH3 is 1. The second-order valence-corrected chi connectivity index (χ2v) is 5.11. The van der Waals surface area contributed by atoms with Crippen LogP contribution in [0.15, 0.2) is 36.5 Å². The highest BCUT2D eigenvalue weighted by Gasteiger charge is 2.17. The number of hydrogen-bond acceptors (Lipinski definition) is 4. The average molecular weight is 279 g/mol. The quantitative estimate of drug-likeness (QED) is 0.847. The van der Waals surface area contributed by atoms with E-state index in [1.807, 2.05) is 12.1 Å². The molecule has 0 unspecified atom stereocenters. The average Bonchev–Trinajstić information content (AvgIpc) is 2.76. The Morgan fingerprint density at radius 3 is 2.76 bits per heavy atom. The molecular formula is C17H17N3O. The van der Waals surface area contributed by atoms with Crippen LogP contribution in [0.1, 0.15) is 16.7 Å². The van der Waals surface area contributed by atoms with Crippen molar-refractivity contribution >= 4 is 5.82 Å². The van der Waals surface area contributed by atoms with E-state index in [4.69, 9.17) is 4.74 Å². The highest BCUT2D eigenvalue weighted by molar-refractivity contribution is 5.54. The standard InChI is InChI=1S/C17H17N3O/c1-21-16-5-4-13-6-9-20(10-7-14(13)11-16)17-15(12-18)3-2-8-19-17/h2-5,8,11H,6-7,9-10H2,1H3. The number of anilines is 1. The molecule has 2 aromatic rings. The Hall–Kier alpha value is -2.54. The summed E-state index contributed by atoms with van der Waals surface area (Å²) < 4.78 is 5.30. The minimum atomic E-state index is 0.640. The Kier molecular flexibility index (Phi) is 3.74. The number of nitriles is 1. The molecule has 0 atom stereocenters. The number of pyridine rings is 1. The fourth-order valence-electron chi connectivity index (χ4n) is 2.78. The summed E-state index contributed by atoms with van der Waals surface area (Å²) in [5.41, 5.74) is 3.32. The van der Waals surface area contributed by atoms with Crippen molar-refractivity contribution in [3.05, 3.63) is 53.2 Å². The second-order valence-electron chi connectivity index (χ2n) is 5.11. The lowest BCUT2D eigenvalue weighted by Crippen LogP contribution is -2.27. The highest BCUT2D eigenvalue weighted by Crippen LogP contribution is 2.24. The Labute approximate surface area is 124 Å². The molecule has 0 aliphatic carbocycles. The van der Waals surface area contributed by atoms with Crippen molar-refractivity contribution in [1.29, 1.82) is 5.26 Å². The number of rotatable bonds is 2. The van der Waals surface area contributed by atoms with Crippen LogP contribution in [0.25, 0.3) is 0 Å². The van der Waals surface area contributed by atoms with Gasteiger partial charge >= 0.3 is 0 Å². The van der Waals surface area contributed by atoms with E-state index in [-0.39, 0.29) is 0 Å². The van der Waals surface area contributed by atoms with E-state index in [2.05, 4.69) is 28.1 Å². The van der Waals surface area contributed by atoms with Crippen molar-refractivity contribution in [2.24, 2.45) is 0 Å². The summed E-state index contributed by atoms with van der Waals surface area (Å²) in [5, 5.41) is 9.23. The van der Waals surface area contributed by atoms with E-state index in [0.29, 0.717) is 5.56 Å². The summed E-state index contributed by atoms with van der Waals surface area (Å²) in [4.78, 5) is 6.59. The van der Waals surface area contributed by atoms with E-state index >= 15 is 0 Å². The van der Waals surface area contributed by atoms with E-state index in [1.54, 1.807) is 19.4 Å². The Balaban J connectivity index is 1.86. The number of ether oxygens (including phenoxy) is 1. The molecule has 1 aliphatic rings. The van der Waals surface area contributed by atoms with Gasteiger partial charge in [0.2, 0.25) is 0 Å². The summed E-state index contributed by atoms with van der Waals surface area (Å²) in [6, 6.07) is 12.1. The van der Waals surface area contributed by atoms with Gasteiger partial charge in [-0.05, 0) is 48.2 Å². The van der Waals surface area contributed by atoms with Crippen molar-refractivity contribution < 1.29 is 4.74 Å². The van der Waals surface area contributed by atoms with Gasteiger partial charge in [-0.2, -0.15) is 5.26 Å². The molecule has 106 valence electrons. The van der Waals surface area contributed by atoms with E-state index in [0.717, 1.165) is 37.5 Å². The van der Waals surface area contributed by atoms with Gasteiger partial charge in [-0.3, -0.25) is 0 Å². The monoisotopic (exact) mass is 279 g/mol.